The lowest BCUT2D eigenvalue weighted by molar-refractivity contribution is 0.00578. The van der Waals surface area contributed by atoms with E-state index in [0.717, 1.165) is 18.3 Å². The van der Waals surface area contributed by atoms with Crippen molar-refractivity contribution in [3.63, 3.8) is 0 Å². The summed E-state index contributed by atoms with van der Waals surface area (Å²) in [7, 11) is -3.45. The molecule has 2 fully saturated rings. The van der Waals surface area contributed by atoms with Crippen LogP contribution in [0.5, 0.6) is 0 Å². The Morgan fingerprint density at radius 2 is 1.64 bits per heavy atom. The monoisotopic (exact) mass is 365 g/mol. The van der Waals surface area contributed by atoms with E-state index in [1.807, 2.05) is 12.1 Å². The van der Waals surface area contributed by atoms with Crippen molar-refractivity contribution in [1.29, 1.82) is 0 Å². The molecular formula is C18H28BNO4S. The van der Waals surface area contributed by atoms with Gasteiger partial charge in [0.25, 0.3) is 0 Å². The second-order valence-electron chi connectivity index (χ2n) is 8.19. The van der Waals surface area contributed by atoms with E-state index in [-0.39, 0.29) is 18.3 Å². The number of hydrogen-bond acceptors (Lipinski definition) is 4. The van der Waals surface area contributed by atoms with Crippen LogP contribution in [0.1, 0.15) is 52.0 Å². The predicted molar refractivity (Wildman–Crippen MR) is 101 cm³/mol. The topological polar surface area (TPSA) is 55.8 Å². The van der Waals surface area contributed by atoms with Crippen LogP contribution in [0.15, 0.2) is 24.3 Å². The van der Waals surface area contributed by atoms with E-state index in [1.54, 1.807) is 4.31 Å². The zero-order chi connectivity index (χ0) is 18.5. The first-order chi connectivity index (χ1) is 11.5. The molecule has 0 aliphatic carbocycles. The Labute approximate surface area is 151 Å². The zero-order valence-corrected chi connectivity index (χ0v) is 16.6. The predicted octanol–water partition coefficient (Wildman–Crippen LogP) is 2.12. The normalized spacial score (nSPS) is 24.6. The molecule has 7 heteroatoms. The fourth-order valence-corrected chi connectivity index (χ4v) is 4.33. The first-order valence-corrected chi connectivity index (χ1v) is 10.7. The van der Waals surface area contributed by atoms with Crippen molar-refractivity contribution in [2.75, 3.05) is 19.3 Å². The molecule has 0 N–H and O–H groups in total. The maximum Gasteiger partial charge on any atom is 0.494 e. The van der Waals surface area contributed by atoms with Crippen molar-refractivity contribution in [3.8, 4) is 0 Å². The molecule has 2 heterocycles. The molecule has 0 spiro atoms. The van der Waals surface area contributed by atoms with E-state index in [4.69, 9.17) is 9.31 Å². The van der Waals surface area contributed by atoms with Crippen molar-refractivity contribution in [2.24, 2.45) is 0 Å². The van der Waals surface area contributed by atoms with E-state index < -0.39 is 10.0 Å². The molecule has 2 aliphatic heterocycles. The minimum atomic E-state index is -3.09. The van der Waals surface area contributed by atoms with Crippen LogP contribution in [0.4, 0.5) is 0 Å². The van der Waals surface area contributed by atoms with Gasteiger partial charge in [-0.2, -0.15) is 0 Å². The molecule has 3 rings (SSSR count). The molecule has 1 aromatic carbocycles. The average molecular weight is 365 g/mol. The van der Waals surface area contributed by atoms with Gasteiger partial charge in [0.05, 0.1) is 17.5 Å². The summed E-state index contributed by atoms with van der Waals surface area (Å²) < 4.78 is 37.2. The van der Waals surface area contributed by atoms with Gasteiger partial charge in [0.1, 0.15) is 0 Å². The number of nitrogens with zero attached hydrogens (tertiary/aromatic N) is 1. The number of piperidine rings is 1. The highest BCUT2D eigenvalue weighted by Gasteiger charge is 2.51. The quantitative estimate of drug-likeness (QED) is 0.770. The van der Waals surface area contributed by atoms with Gasteiger partial charge in [0, 0.05) is 13.1 Å². The van der Waals surface area contributed by atoms with Crippen LogP contribution in [-0.4, -0.2) is 50.4 Å². The van der Waals surface area contributed by atoms with Crippen LogP contribution in [-0.2, 0) is 19.3 Å². The maximum atomic E-state index is 11.7. The third kappa shape index (κ3) is 3.79. The van der Waals surface area contributed by atoms with Gasteiger partial charge >= 0.3 is 7.12 Å². The Morgan fingerprint density at radius 3 is 2.16 bits per heavy atom. The highest BCUT2D eigenvalue weighted by molar-refractivity contribution is 7.88. The summed E-state index contributed by atoms with van der Waals surface area (Å²) in [5, 5.41) is 0. The number of benzene rings is 1. The van der Waals surface area contributed by atoms with Crippen LogP contribution in [0, 0.1) is 0 Å². The lowest BCUT2D eigenvalue weighted by Crippen LogP contribution is -2.41. The van der Waals surface area contributed by atoms with Crippen LogP contribution in [0.2, 0.25) is 0 Å². The summed E-state index contributed by atoms with van der Waals surface area (Å²) in [5.74, 6) is 0.375. The highest BCUT2D eigenvalue weighted by Crippen LogP contribution is 2.37. The summed E-state index contributed by atoms with van der Waals surface area (Å²) in [6.07, 6.45) is 2.98. The van der Waals surface area contributed by atoms with Gasteiger partial charge < -0.3 is 9.31 Å². The molecular weight excluding hydrogens is 337 g/mol. The first-order valence-electron chi connectivity index (χ1n) is 8.90. The highest BCUT2D eigenvalue weighted by atomic mass is 32.2. The Balaban J connectivity index is 1.73. The summed E-state index contributed by atoms with van der Waals surface area (Å²) in [5.41, 5.74) is 1.56. The lowest BCUT2D eigenvalue weighted by atomic mass is 9.76. The second-order valence-corrected chi connectivity index (χ2v) is 10.2. The molecule has 0 radical (unpaired) electrons. The van der Waals surface area contributed by atoms with Crippen LogP contribution in [0.3, 0.4) is 0 Å². The number of sulfonamides is 1. The van der Waals surface area contributed by atoms with E-state index in [9.17, 15) is 8.42 Å². The van der Waals surface area contributed by atoms with Gasteiger partial charge in [-0.15, -0.1) is 0 Å². The zero-order valence-electron chi connectivity index (χ0n) is 15.8. The molecule has 138 valence electrons. The van der Waals surface area contributed by atoms with Gasteiger partial charge in [-0.1, -0.05) is 24.3 Å². The molecule has 0 atom stereocenters. The first kappa shape index (κ1) is 18.9. The Hall–Kier alpha value is -0.885. The summed E-state index contributed by atoms with van der Waals surface area (Å²) in [6, 6.07) is 8.36. The minimum absolute atomic E-state index is 0.353. The lowest BCUT2D eigenvalue weighted by Gasteiger charge is -2.32. The van der Waals surface area contributed by atoms with E-state index in [1.165, 1.54) is 11.8 Å². The smallest absolute Gasteiger partial charge is 0.399 e. The van der Waals surface area contributed by atoms with Gasteiger partial charge in [0.15, 0.2) is 0 Å². The van der Waals surface area contributed by atoms with Crippen molar-refractivity contribution < 1.29 is 17.7 Å². The molecule has 5 nitrogen and oxygen atoms in total. The fraction of sp³-hybridized carbons (Fsp3) is 0.667. The molecule has 25 heavy (non-hydrogen) atoms. The Morgan fingerprint density at radius 1 is 1.08 bits per heavy atom. The molecule has 0 saturated carbocycles. The van der Waals surface area contributed by atoms with E-state index in [0.29, 0.717) is 19.0 Å². The Bertz CT molecular complexity index is 723. The standard InChI is InChI=1S/C18H28BNO4S/c1-17(2)18(3,4)24-19(23-17)16-8-6-7-15(13-16)14-9-11-20(12-10-14)25(5,21)22/h6-8,13-14H,9-12H2,1-5H3. The summed E-state index contributed by atoms with van der Waals surface area (Å²) in [6.45, 7) is 9.39. The van der Waals surface area contributed by atoms with Crippen LogP contribution < -0.4 is 5.46 Å². The van der Waals surface area contributed by atoms with Crippen LogP contribution in [0.25, 0.3) is 0 Å². The van der Waals surface area contributed by atoms with Crippen molar-refractivity contribution in [2.45, 2.75) is 57.7 Å². The molecule has 0 amide bonds. The summed E-state index contributed by atoms with van der Waals surface area (Å²) in [4.78, 5) is 0. The van der Waals surface area contributed by atoms with Gasteiger partial charge in [-0.25, -0.2) is 12.7 Å². The van der Waals surface area contributed by atoms with Crippen molar-refractivity contribution >= 4 is 22.6 Å². The van der Waals surface area contributed by atoms with Crippen molar-refractivity contribution in [1.82, 2.24) is 4.31 Å². The second kappa shape index (κ2) is 6.37. The van der Waals surface area contributed by atoms with E-state index >= 15 is 0 Å². The number of hydrogen-bond donors (Lipinski definition) is 0. The molecule has 2 aliphatic rings. The molecule has 0 bridgehead atoms. The van der Waals surface area contributed by atoms with Crippen LogP contribution >= 0.6 is 0 Å². The molecule has 1 aromatic rings. The maximum absolute atomic E-state index is 11.7. The fourth-order valence-electron chi connectivity index (χ4n) is 3.46. The van der Waals surface area contributed by atoms with E-state index in [2.05, 4.69) is 39.8 Å². The number of rotatable bonds is 3. The Kier molecular flexibility index (Phi) is 4.82. The van der Waals surface area contributed by atoms with Crippen molar-refractivity contribution in [3.05, 3.63) is 29.8 Å². The molecule has 0 unspecified atom stereocenters. The minimum Gasteiger partial charge on any atom is -0.399 e. The SMILES string of the molecule is CC1(C)OB(c2cccc(C3CCN(S(C)(=O)=O)CC3)c2)OC1(C)C. The molecule has 2 saturated heterocycles. The molecule has 0 aromatic heterocycles. The van der Waals surface area contributed by atoms with Gasteiger partial charge in [-0.05, 0) is 57.5 Å². The van der Waals surface area contributed by atoms with Gasteiger partial charge in [-0.3, -0.25) is 0 Å². The third-order valence-corrected chi connectivity index (χ3v) is 7.13. The average Bonchev–Trinajstić information content (AvgIpc) is 2.75. The summed E-state index contributed by atoms with van der Waals surface area (Å²) >= 11 is 0. The largest absolute Gasteiger partial charge is 0.494 e. The third-order valence-electron chi connectivity index (χ3n) is 5.83. The van der Waals surface area contributed by atoms with Gasteiger partial charge in [0.2, 0.25) is 10.0 Å².